The highest BCUT2D eigenvalue weighted by Gasteiger charge is 2.13. The summed E-state index contributed by atoms with van der Waals surface area (Å²) in [4.78, 5) is 11.4. The van der Waals surface area contributed by atoms with Crippen LogP contribution in [0.15, 0.2) is 24.3 Å². The number of ether oxygens (including phenoxy) is 2. The predicted octanol–water partition coefficient (Wildman–Crippen LogP) is 1.99. The number of piperidine rings is 1. The molecule has 1 saturated heterocycles. The van der Waals surface area contributed by atoms with Crippen LogP contribution in [0.1, 0.15) is 29.6 Å². The van der Waals surface area contributed by atoms with Gasteiger partial charge in [-0.25, -0.2) is 4.79 Å². The van der Waals surface area contributed by atoms with Gasteiger partial charge < -0.3 is 14.8 Å². The van der Waals surface area contributed by atoms with Crippen molar-refractivity contribution in [3.63, 3.8) is 0 Å². The van der Waals surface area contributed by atoms with Crippen molar-refractivity contribution in [1.29, 1.82) is 0 Å². The van der Waals surface area contributed by atoms with E-state index in [1.807, 2.05) is 6.07 Å². The zero-order chi connectivity index (χ0) is 12.8. The van der Waals surface area contributed by atoms with Gasteiger partial charge >= 0.3 is 5.97 Å². The monoisotopic (exact) mass is 249 g/mol. The van der Waals surface area contributed by atoms with E-state index in [1.54, 1.807) is 18.2 Å². The average molecular weight is 249 g/mol. The fraction of sp³-hybridized carbons (Fsp3) is 0.500. The molecule has 1 N–H and O–H groups in total. The molecule has 0 bridgehead atoms. The lowest BCUT2D eigenvalue weighted by Crippen LogP contribution is -2.38. The van der Waals surface area contributed by atoms with Crippen LogP contribution in [0.4, 0.5) is 0 Å². The minimum absolute atomic E-state index is 0.337. The highest BCUT2D eigenvalue weighted by molar-refractivity contribution is 5.89. The van der Waals surface area contributed by atoms with E-state index in [0.29, 0.717) is 24.0 Å². The van der Waals surface area contributed by atoms with E-state index in [1.165, 1.54) is 20.0 Å². The van der Waals surface area contributed by atoms with E-state index in [0.717, 1.165) is 13.0 Å². The third-order valence-corrected chi connectivity index (χ3v) is 3.12. The number of benzene rings is 1. The molecule has 4 heteroatoms. The van der Waals surface area contributed by atoms with Crippen molar-refractivity contribution in [2.75, 3.05) is 20.3 Å². The second kappa shape index (κ2) is 6.40. The van der Waals surface area contributed by atoms with Crippen LogP contribution in [-0.2, 0) is 4.74 Å². The Bertz CT molecular complexity index is 400. The van der Waals surface area contributed by atoms with Gasteiger partial charge in [0, 0.05) is 6.04 Å². The number of carbonyl (C=O) groups is 1. The molecule has 1 aliphatic rings. The fourth-order valence-corrected chi connectivity index (χ4v) is 2.09. The van der Waals surface area contributed by atoms with Gasteiger partial charge in [0.1, 0.15) is 12.4 Å². The molecular formula is C14H19NO3. The minimum Gasteiger partial charge on any atom is -0.492 e. The van der Waals surface area contributed by atoms with Crippen LogP contribution in [0.3, 0.4) is 0 Å². The van der Waals surface area contributed by atoms with Crippen LogP contribution >= 0.6 is 0 Å². The van der Waals surface area contributed by atoms with Crippen LogP contribution in [0.25, 0.3) is 0 Å². The lowest BCUT2D eigenvalue weighted by atomic mass is 10.1. The molecule has 0 aromatic heterocycles. The minimum atomic E-state index is -0.337. The summed E-state index contributed by atoms with van der Waals surface area (Å²) in [5, 5.41) is 3.42. The molecule has 1 fully saturated rings. The summed E-state index contributed by atoms with van der Waals surface area (Å²) in [5.41, 5.74) is 0.520. The average Bonchev–Trinajstić information content (AvgIpc) is 2.45. The molecular weight excluding hydrogens is 230 g/mol. The lowest BCUT2D eigenvalue weighted by molar-refractivity contribution is 0.0600. The quantitative estimate of drug-likeness (QED) is 0.829. The SMILES string of the molecule is COC(=O)c1cccc(OCC2CCCCN2)c1. The number of carbonyl (C=O) groups excluding carboxylic acids is 1. The van der Waals surface area contributed by atoms with Crippen molar-refractivity contribution in [1.82, 2.24) is 5.32 Å². The predicted molar refractivity (Wildman–Crippen MR) is 68.9 cm³/mol. The molecule has 2 rings (SSSR count). The number of hydrogen-bond donors (Lipinski definition) is 1. The first-order chi connectivity index (χ1) is 8.79. The summed E-state index contributed by atoms with van der Waals surface area (Å²) < 4.78 is 10.4. The first-order valence-corrected chi connectivity index (χ1v) is 6.34. The van der Waals surface area contributed by atoms with E-state index in [-0.39, 0.29) is 5.97 Å². The number of methoxy groups -OCH3 is 1. The summed E-state index contributed by atoms with van der Waals surface area (Å²) in [5.74, 6) is 0.376. The Labute approximate surface area is 107 Å². The van der Waals surface area contributed by atoms with Crippen LogP contribution < -0.4 is 10.1 Å². The molecule has 98 valence electrons. The molecule has 0 amide bonds. The van der Waals surface area contributed by atoms with Gasteiger partial charge in [0.25, 0.3) is 0 Å². The van der Waals surface area contributed by atoms with Crippen molar-refractivity contribution in [3.8, 4) is 5.75 Å². The summed E-state index contributed by atoms with van der Waals surface area (Å²) in [6, 6.07) is 7.51. The normalized spacial score (nSPS) is 19.3. The Morgan fingerprint density at radius 3 is 3.06 bits per heavy atom. The van der Waals surface area contributed by atoms with Crippen LogP contribution in [0, 0.1) is 0 Å². The molecule has 1 heterocycles. The van der Waals surface area contributed by atoms with Gasteiger partial charge in [0.15, 0.2) is 0 Å². The van der Waals surface area contributed by atoms with Gasteiger partial charge in [-0.2, -0.15) is 0 Å². The number of nitrogens with one attached hydrogen (secondary N) is 1. The van der Waals surface area contributed by atoms with Gasteiger partial charge in [-0.1, -0.05) is 12.5 Å². The number of rotatable bonds is 4. The lowest BCUT2D eigenvalue weighted by Gasteiger charge is -2.23. The third kappa shape index (κ3) is 3.47. The number of esters is 1. The first kappa shape index (κ1) is 12.9. The van der Waals surface area contributed by atoms with E-state index >= 15 is 0 Å². The number of hydrogen-bond acceptors (Lipinski definition) is 4. The molecule has 1 unspecified atom stereocenters. The van der Waals surface area contributed by atoms with Crippen LogP contribution in [-0.4, -0.2) is 32.3 Å². The van der Waals surface area contributed by atoms with E-state index in [2.05, 4.69) is 10.1 Å². The molecule has 4 nitrogen and oxygen atoms in total. The highest BCUT2D eigenvalue weighted by atomic mass is 16.5. The maximum atomic E-state index is 11.4. The summed E-state index contributed by atoms with van der Waals surface area (Å²) in [7, 11) is 1.38. The molecule has 1 aromatic rings. The van der Waals surface area contributed by atoms with E-state index in [4.69, 9.17) is 4.74 Å². The van der Waals surface area contributed by atoms with Crippen LogP contribution in [0.2, 0.25) is 0 Å². The van der Waals surface area contributed by atoms with Gasteiger partial charge in [-0.05, 0) is 37.6 Å². The Morgan fingerprint density at radius 2 is 2.33 bits per heavy atom. The summed E-state index contributed by atoms with van der Waals surface area (Å²) in [6.07, 6.45) is 3.65. The van der Waals surface area contributed by atoms with Crippen molar-refractivity contribution in [2.45, 2.75) is 25.3 Å². The Morgan fingerprint density at radius 1 is 1.44 bits per heavy atom. The van der Waals surface area contributed by atoms with Gasteiger partial charge in [-0.15, -0.1) is 0 Å². The molecule has 0 radical (unpaired) electrons. The maximum absolute atomic E-state index is 11.4. The van der Waals surface area contributed by atoms with Crippen LogP contribution in [0.5, 0.6) is 5.75 Å². The molecule has 1 aromatic carbocycles. The molecule has 18 heavy (non-hydrogen) atoms. The zero-order valence-corrected chi connectivity index (χ0v) is 10.6. The molecule has 0 saturated carbocycles. The standard InChI is InChI=1S/C14H19NO3/c1-17-14(16)11-5-4-7-13(9-11)18-10-12-6-2-3-8-15-12/h4-5,7,9,12,15H,2-3,6,8,10H2,1H3. The van der Waals surface area contributed by atoms with Gasteiger partial charge in [0.2, 0.25) is 0 Å². The summed E-state index contributed by atoms with van der Waals surface area (Å²) >= 11 is 0. The first-order valence-electron chi connectivity index (χ1n) is 6.34. The van der Waals surface area contributed by atoms with E-state index in [9.17, 15) is 4.79 Å². The second-order valence-electron chi connectivity index (χ2n) is 4.48. The smallest absolute Gasteiger partial charge is 0.337 e. The van der Waals surface area contributed by atoms with Crippen molar-refractivity contribution < 1.29 is 14.3 Å². The maximum Gasteiger partial charge on any atom is 0.337 e. The summed E-state index contributed by atoms with van der Waals surface area (Å²) in [6.45, 7) is 1.71. The molecule has 0 aliphatic carbocycles. The van der Waals surface area contributed by atoms with Gasteiger partial charge in [-0.3, -0.25) is 0 Å². The Hall–Kier alpha value is -1.55. The fourth-order valence-electron chi connectivity index (χ4n) is 2.09. The van der Waals surface area contributed by atoms with Gasteiger partial charge in [0.05, 0.1) is 12.7 Å². The molecule has 1 aliphatic heterocycles. The third-order valence-electron chi connectivity index (χ3n) is 3.12. The Balaban J connectivity index is 1.90. The second-order valence-corrected chi connectivity index (χ2v) is 4.48. The molecule has 0 spiro atoms. The van der Waals surface area contributed by atoms with Crippen molar-refractivity contribution >= 4 is 5.97 Å². The van der Waals surface area contributed by atoms with Crippen molar-refractivity contribution in [2.24, 2.45) is 0 Å². The van der Waals surface area contributed by atoms with Crippen molar-refractivity contribution in [3.05, 3.63) is 29.8 Å². The largest absolute Gasteiger partial charge is 0.492 e. The highest BCUT2D eigenvalue weighted by Crippen LogP contribution is 2.15. The molecule has 1 atom stereocenters. The van der Waals surface area contributed by atoms with E-state index < -0.39 is 0 Å². The topological polar surface area (TPSA) is 47.6 Å². The Kier molecular flexibility index (Phi) is 4.59. The zero-order valence-electron chi connectivity index (χ0n) is 10.6.